The summed E-state index contributed by atoms with van der Waals surface area (Å²) in [4.78, 5) is 40.8. The van der Waals surface area contributed by atoms with Crippen molar-refractivity contribution in [1.29, 1.82) is 0 Å². The van der Waals surface area contributed by atoms with E-state index >= 15 is 0 Å². The summed E-state index contributed by atoms with van der Waals surface area (Å²) in [5.41, 5.74) is 5.69. The minimum Gasteiger partial charge on any atom is -0.467 e. The minimum atomic E-state index is -0.707. The normalized spacial score (nSPS) is 20.4. The van der Waals surface area contributed by atoms with Gasteiger partial charge in [-0.1, -0.05) is 34.6 Å². The molecule has 0 aliphatic carbocycles. The van der Waals surface area contributed by atoms with Crippen LogP contribution in [0.3, 0.4) is 0 Å². The van der Waals surface area contributed by atoms with Gasteiger partial charge in [0.1, 0.15) is 12.1 Å². The lowest BCUT2D eigenvalue weighted by Gasteiger charge is -2.38. The first-order valence-electron chi connectivity index (χ1n) is 8.84. The van der Waals surface area contributed by atoms with Crippen LogP contribution in [0.4, 0.5) is 0 Å². The Kier molecular flexibility index (Phi) is 6.99. The van der Waals surface area contributed by atoms with Crippen LogP contribution in [-0.2, 0) is 19.1 Å². The van der Waals surface area contributed by atoms with Crippen LogP contribution >= 0.6 is 0 Å². The predicted octanol–water partition coefficient (Wildman–Crippen LogP) is 1.01. The number of nitrogens with zero attached hydrogens (tertiary/aromatic N) is 2. The first kappa shape index (κ1) is 21.4. The van der Waals surface area contributed by atoms with Crippen LogP contribution in [0, 0.1) is 11.3 Å². The van der Waals surface area contributed by atoms with E-state index in [9.17, 15) is 14.4 Å². The van der Waals surface area contributed by atoms with Crippen LogP contribution < -0.4 is 5.73 Å². The lowest BCUT2D eigenvalue weighted by atomic mass is 9.86. The highest BCUT2D eigenvalue weighted by Gasteiger charge is 2.42. The van der Waals surface area contributed by atoms with Gasteiger partial charge in [-0.15, -0.1) is 0 Å². The van der Waals surface area contributed by atoms with Gasteiger partial charge < -0.3 is 20.3 Å². The zero-order valence-electron chi connectivity index (χ0n) is 16.5. The number of amides is 2. The molecule has 2 N–H and O–H groups in total. The molecule has 1 rings (SSSR count). The molecule has 1 aliphatic rings. The number of ether oxygens (including phenoxy) is 1. The Hall–Kier alpha value is -1.63. The van der Waals surface area contributed by atoms with Gasteiger partial charge in [0.2, 0.25) is 11.8 Å². The highest BCUT2D eigenvalue weighted by molar-refractivity contribution is 5.92. The van der Waals surface area contributed by atoms with Gasteiger partial charge in [-0.25, -0.2) is 4.79 Å². The van der Waals surface area contributed by atoms with Crippen LogP contribution in [0.5, 0.6) is 0 Å². The van der Waals surface area contributed by atoms with Gasteiger partial charge >= 0.3 is 5.97 Å². The fourth-order valence-electron chi connectivity index (χ4n) is 3.21. The van der Waals surface area contributed by atoms with Crippen molar-refractivity contribution in [2.75, 3.05) is 20.7 Å². The first-order chi connectivity index (χ1) is 11.4. The molecule has 0 aromatic rings. The molecule has 144 valence electrons. The van der Waals surface area contributed by atoms with E-state index in [1.165, 1.54) is 12.0 Å². The van der Waals surface area contributed by atoms with Crippen molar-refractivity contribution in [3.8, 4) is 0 Å². The minimum absolute atomic E-state index is 0.104. The summed E-state index contributed by atoms with van der Waals surface area (Å²) in [5, 5.41) is 0. The summed E-state index contributed by atoms with van der Waals surface area (Å²) in [6.07, 6.45) is 1.33. The van der Waals surface area contributed by atoms with Crippen molar-refractivity contribution in [1.82, 2.24) is 9.80 Å². The molecule has 0 saturated carbocycles. The summed E-state index contributed by atoms with van der Waals surface area (Å²) in [7, 11) is 2.93. The number of likely N-dealkylation sites (tertiary alicyclic amines) is 1. The highest BCUT2D eigenvalue weighted by Crippen LogP contribution is 2.25. The molecule has 1 fully saturated rings. The summed E-state index contributed by atoms with van der Waals surface area (Å²) in [6, 6.07) is -1.94. The molecule has 0 spiro atoms. The summed E-state index contributed by atoms with van der Waals surface area (Å²) in [5.74, 6) is -1.01. The number of rotatable bonds is 5. The number of hydrogen-bond acceptors (Lipinski definition) is 5. The Labute approximate surface area is 150 Å². The fraction of sp³-hybridized carbons (Fsp3) is 0.833. The van der Waals surface area contributed by atoms with Crippen LogP contribution in [0.25, 0.3) is 0 Å². The molecule has 0 aromatic carbocycles. The standard InChI is InChI=1S/C18H33N3O4/c1-11(2)13(20(6)16(23)14(19)18(3,4)5)15(22)21-10-8-9-12(21)17(24)25-7/h11-14H,8-10,19H2,1-7H3. The molecule has 1 saturated heterocycles. The number of methoxy groups -OCH3 is 1. The second-order valence-corrected chi connectivity index (χ2v) is 8.19. The monoisotopic (exact) mass is 355 g/mol. The molecule has 0 bridgehead atoms. The second kappa shape index (κ2) is 8.17. The summed E-state index contributed by atoms with van der Waals surface area (Å²) < 4.78 is 4.81. The van der Waals surface area contributed by atoms with Crippen molar-refractivity contribution < 1.29 is 19.1 Å². The molecule has 7 heteroatoms. The van der Waals surface area contributed by atoms with Gasteiger partial charge in [-0.3, -0.25) is 9.59 Å². The molecule has 0 aromatic heterocycles. The summed E-state index contributed by atoms with van der Waals surface area (Å²) in [6.45, 7) is 9.95. The lowest BCUT2D eigenvalue weighted by Crippen LogP contribution is -2.58. The predicted molar refractivity (Wildman–Crippen MR) is 95.6 cm³/mol. The molecular formula is C18H33N3O4. The maximum absolute atomic E-state index is 13.1. The molecule has 3 atom stereocenters. The van der Waals surface area contributed by atoms with E-state index < -0.39 is 29.5 Å². The SMILES string of the molecule is COC(=O)C1CCCN1C(=O)C(C(C)C)N(C)C(=O)C(N)C(C)(C)C. The third kappa shape index (κ3) is 4.71. The van der Waals surface area contributed by atoms with Gasteiger partial charge in [0, 0.05) is 13.6 Å². The molecule has 1 heterocycles. The van der Waals surface area contributed by atoms with Gasteiger partial charge in [0.15, 0.2) is 0 Å². The average molecular weight is 355 g/mol. The third-order valence-electron chi connectivity index (χ3n) is 4.86. The van der Waals surface area contributed by atoms with Crippen molar-refractivity contribution in [3.05, 3.63) is 0 Å². The van der Waals surface area contributed by atoms with E-state index in [0.29, 0.717) is 13.0 Å². The molecule has 2 amide bonds. The largest absolute Gasteiger partial charge is 0.467 e. The number of nitrogens with two attached hydrogens (primary N) is 1. The smallest absolute Gasteiger partial charge is 0.328 e. The van der Waals surface area contributed by atoms with E-state index in [4.69, 9.17) is 10.5 Å². The third-order valence-corrected chi connectivity index (χ3v) is 4.86. The Morgan fingerprint density at radius 3 is 2.24 bits per heavy atom. The van der Waals surface area contributed by atoms with Crippen molar-refractivity contribution in [2.24, 2.45) is 17.1 Å². The van der Waals surface area contributed by atoms with E-state index in [1.54, 1.807) is 11.9 Å². The molecule has 0 radical (unpaired) electrons. The van der Waals surface area contributed by atoms with Gasteiger partial charge in [-0.2, -0.15) is 0 Å². The van der Waals surface area contributed by atoms with Crippen molar-refractivity contribution in [3.63, 3.8) is 0 Å². The highest BCUT2D eigenvalue weighted by atomic mass is 16.5. The Morgan fingerprint density at radius 2 is 1.80 bits per heavy atom. The van der Waals surface area contributed by atoms with Gasteiger partial charge in [-0.05, 0) is 24.2 Å². The summed E-state index contributed by atoms with van der Waals surface area (Å²) >= 11 is 0. The topological polar surface area (TPSA) is 92.9 Å². The van der Waals surface area contributed by atoms with Gasteiger partial charge in [0.05, 0.1) is 13.2 Å². The molecular weight excluding hydrogens is 322 g/mol. The average Bonchev–Trinajstić information content (AvgIpc) is 3.00. The Balaban J connectivity index is 3.04. The molecule has 7 nitrogen and oxygen atoms in total. The van der Waals surface area contributed by atoms with Crippen LogP contribution in [0.1, 0.15) is 47.5 Å². The van der Waals surface area contributed by atoms with Crippen molar-refractivity contribution >= 4 is 17.8 Å². The number of hydrogen-bond donors (Lipinski definition) is 1. The van der Waals surface area contributed by atoms with Crippen LogP contribution in [-0.4, -0.2) is 66.4 Å². The van der Waals surface area contributed by atoms with E-state index in [-0.39, 0.29) is 17.7 Å². The maximum atomic E-state index is 13.1. The zero-order chi connectivity index (χ0) is 19.5. The second-order valence-electron chi connectivity index (χ2n) is 8.19. The van der Waals surface area contributed by atoms with E-state index in [1.807, 2.05) is 34.6 Å². The molecule has 3 unspecified atom stereocenters. The van der Waals surface area contributed by atoms with Gasteiger partial charge in [0.25, 0.3) is 0 Å². The molecule has 25 heavy (non-hydrogen) atoms. The number of carbonyl (C=O) groups is 3. The maximum Gasteiger partial charge on any atom is 0.328 e. The first-order valence-corrected chi connectivity index (χ1v) is 8.84. The number of likely N-dealkylation sites (N-methyl/N-ethyl adjacent to an activating group) is 1. The van der Waals surface area contributed by atoms with Crippen molar-refractivity contribution in [2.45, 2.75) is 65.6 Å². The fourth-order valence-corrected chi connectivity index (χ4v) is 3.21. The van der Waals surface area contributed by atoms with E-state index in [2.05, 4.69) is 0 Å². The van der Waals surface area contributed by atoms with Crippen LogP contribution in [0.15, 0.2) is 0 Å². The number of esters is 1. The zero-order valence-corrected chi connectivity index (χ0v) is 16.5. The number of carbonyl (C=O) groups excluding carboxylic acids is 3. The lowest BCUT2D eigenvalue weighted by molar-refractivity contribution is -0.155. The molecule has 1 aliphatic heterocycles. The van der Waals surface area contributed by atoms with E-state index in [0.717, 1.165) is 6.42 Å². The quantitative estimate of drug-likeness (QED) is 0.743. The Bertz CT molecular complexity index is 513. The Morgan fingerprint density at radius 1 is 1.24 bits per heavy atom. The van der Waals surface area contributed by atoms with Crippen LogP contribution in [0.2, 0.25) is 0 Å².